The fourth-order valence-corrected chi connectivity index (χ4v) is 1.82. The molecule has 0 aromatic carbocycles. The maximum atomic E-state index is 10.9. The molecule has 11 heavy (non-hydrogen) atoms. The van der Waals surface area contributed by atoms with Gasteiger partial charge in [-0.05, 0) is 0 Å². The maximum absolute atomic E-state index is 10.9. The number of hydrogen-bond acceptors (Lipinski definition) is 3. The van der Waals surface area contributed by atoms with E-state index in [-0.39, 0.29) is 11.6 Å². The molecule has 0 saturated carbocycles. The number of hydrogen-bond donors (Lipinski definition) is 1. The van der Waals surface area contributed by atoms with Gasteiger partial charge in [-0.15, -0.1) is 11.6 Å². The smallest absolute Gasteiger partial charge is 0.212 e. The highest BCUT2D eigenvalue weighted by molar-refractivity contribution is 7.89. The molecule has 0 heterocycles. The molecule has 1 N–H and O–H groups in total. The van der Waals surface area contributed by atoms with Gasteiger partial charge in [0.05, 0.1) is 12.4 Å². The van der Waals surface area contributed by atoms with Crippen LogP contribution in [0.1, 0.15) is 0 Å². The van der Waals surface area contributed by atoms with E-state index in [1.54, 1.807) is 0 Å². The lowest BCUT2D eigenvalue weighted by Gasteiger charge is -2.02. The van der Waals surface area contributed by atoms with Crippen molar-refractivity contribution in [3.05, 3.63) is 0 Å². The van der Waals surface area contributed by atoms with Gasteiger partial charge in [0.1, 0.15) is 0 Å². The number of sulfonamides is 1. The summed E-state index contributed by atoms with van der Waals surface area (Å²) in [6.07, 6.45) is 0. The third kappa shape index (κ3) is 6.55. The summed E-state index contributed by atoms with van der Waals surface area (Å²) < 4.78 is 28.7. The van der Waals surface area contributed by atoms with E-state index in [2.05, 4.69) is 9.46 Å². The molecule has 0 aliphatic heterocycles. The standard InChI is InChI=1S/C5H12ClNO3S/c1-10-4-3-7-11(8,9)5-2-6/h7H,2-5H2,1H3. The Kier molecular flexibility index (Phi) is 5.85. The molecule has 0 spiro atoms. The van der Waals surface area contributed by atoms with Crippen LogP contribution in [0.2, 0.25) is 0 Å². The van der Waals surface area contributed by atoms with Gasteiger partial charge < -0.3 is 4.74 Å². The molecule has 0 atom stereocenters. The lowest BCUT2D eigenvalue weighted by molar-refractivity contribution is 0.204. The third-order valence-corrected chi connectivity index (χ3v) is 2.77. The Hall–Kier alpha value is 0.160. The van der Waals surface area contributed by atoms with Crippen molar-refractivity contribution in [3.63, 3.8) is 0 Å². The molecule has 0 aromatic rings. The first kappa shape index (κ1) is 11.2. The average molecular weight is 202 g/mol. The second kappa shape index (κ2) is 5.77. The predicted molar refractivity (Wildman–Crippen MR) is 44.4 cm³/mol. The van der Waals surface area contributed by atoms with Crippen LogP contribution in [-0.4, -0.2) is 40.3 Å². The average Bonchev–Trinajstić information content (AvgIpc) is 1.87. The topological polar surface area (TPSA) is 55.4 Å². The van der Waals surface area contributed by atoms with Crippen LogP contribution in [0.25, 0.3) is 0 Å². The zero-order valence-corrected chi connectivity index (χ0v) is 7.91. The Labute approximate surface area is 71.9 Å². The maximum Gasteiger partial charge on any atom is 0.212 e. The first-order valence-corrected chi connectivity index (χ1v) is 5.33. The van der Waals surface area contributed by atoms with Gasteiger partial charge in [-0.3, -0.25) is 0 Å². The Morgan fingerprint density at radius 3 is 2.64 bits per heavy atom. The summed E-state index contributed by atoms with van der Waals surface area (Å²) in [4.78, 5) is 0. The van der Waals surface area contributed by atoms with Gasteiger partial charge in [-0.2, -0.15) is 0 Å². The van der Waals surface area contributed by atoms with Crippen molar-refractivity contribution in [3.8, 4) is 0 Å². The van der Waals surface area contributed by atoms with Gasteiger partial charge in [0, 0.05) is 19.5 Å². The van der Waals surface area contributed by atoms with Gasteiger partial charge in [0.25, 0.3) is 0 Å². The van der Waals surface area contributed by atoms with Crippen molar-refractivity contribution < 1.29 is 13.2 Å². The molecule has 0 bridgehead atoms. The first-order chi connectivity index (χ1) is 5.12. The van der Waals surface area contributed by atoms with E-state index < -0.39 is 10.0 Å². The van der Waals surface area contributed by atoms with Crippen LogP contribution in [0.15, 0.2) is 0 Å². The quantitative estimate of drug-likeness (QED) is 0.478. The van der Waals surface area contributed by atoms with Crippen LogP contribution in [0.5, 0.6) is 0 Å². The molecule has 0 radical (unpaired) electrons. The van der Waals surface area contributed by atoms with Crippen LogP contribution < -0.4 is 4.72 Å². The first-order valence-electron chi connectivity index (χ1n) is 3.14. The Bertz CT molecular complexity index is 180. The summed E-state index contributed by atoms with van der Waals surface area (Å²) in [5.41, 5.74) is 0. The lowest BCUT2D eigenvalue weighted by atomic mass is 10.7. The highest BCUT2D eigenvalue weighted by Gasteiger charge is 2.06. The van der Waals surface area contributed by atoms with Crippen LogP contribution in [-0.2, 0) is 14.8 Å². The molecule has 0 rings (SSSR count). The summed E-state index contributed by atoms with van der Waals surface area (Å²) in [5.74, 6) is 0.0700. The molecule has 0 saturated heterocycles. The normalized spacial score (nSPS) is 11.8. The number of alkyl halides is 1. The van der Waals surface area contributed by atoms with Crippen molar-refractivity contribution in [2.24, 2.45) is 0 Å². The van der Waals surface area contributed by atoms with E-state index in [9.17, 15) is 8.42 Å². The van der Waals surface area contributed by atoms with E-state index in [1.807, 2.05) is 0 Å². The van der Waals surface area contributed by atoms with Crippen LogP contribution in [0.4, 0.5) is 0 Å². The third-order valence-electron chi connectivity index (χ3n) is 0.974. The van der Waals surface area contributed by atoms with Gasteiger partial charge >= 0.3 is 0 Å². The second-order valence-electron chi connectivity index (χ2n) is 1.89. The number of rotatable bonds is 6. The number of ether oxygens (including phenoxy) is 1. The minimum atomic E-state index is -3.17. The largest absolute Gasteiger partial charge is 0.383 e. The van der Waals surface area contributed by atoms with Gasteiger partial charge in [-0.25, -0.2) is 13.1 Å². The monoisotopic (exact) mass is 201 g/mol. The molecule has 0 unspecified atom stereocenters. The summed E-state index contributed by atoms with van der Waals surface area (Å²) in [5, 5.41) is 0. The van der Waals surface area contributed by atoms with Crippen molar-refractivity contribution in [1.82, 2.24) is 4.72 Å². The fraction of sp³-hybridized carbons (Fsp3) is 1.00. The van der Waals surface area contributed by atoms with Crippen LogP contribution in [0, 0.1) is 0 Å². The summed E-state index contributed by atoms with van der Waals surface area (Å²) in [6.45, 7) is 0.678. The fourth-order valence-electron chi connectivity index (χ4n) is 0.473. The second-order valence-corrected chi connectivity index (χ2v) is 4.20. The van der Waals surface area contributed by atoms with Crippen molar-refractivity contribution in [1.29, 1.82) is 0 Å². The minimum absolute atomic E-state index is 0.0434. The Morgan fingerprint density at radius 2 is 2.18 bits per heavy atom. The van der Waals surface area contributed by atoms with Gasteiger partial charge in [-0.1, -0.05) is 0 Å². The number of methoxy groups -OCH3 is 1. The van der Waals surface area contributed by atoms with Crippen LogP contribution in [0.3, 0.4) is 0 Å². The highest BCUT2D eigenvalue weighted by Crippen LogP contribution is 1.85. The molecule has 0 fully saturated rings. The summed E-state index contributed by atoms with van der Waals surface area (Å²) >= 11 is 5.25. The van der Waals surface area contributed by atoms with E-state index in [1.165, 1.54) is 7.11 Å². The van der Waals surface area contributed by atoms with E-state index >= 15 is 0 Å². The molecule has 6 heteroatoms. The predicted octanol–water partition coefficient (Wildman–Crippen LogP) is -0.209. The highest BCUT2D eigenvalue weighted by atomic mass is 35.5. The lowest BCUT2D eigenvalue weighted by Crippen LogP contribution is -2.29. The van der Waals surface area contributed by atoms with Gasteiger partial charge in [0.15, 0.2) is 0 Å². The van der Waals surface area contributed by atoms with E-state index in [0.717, 1.165) is 0 Å². The summed E-state index contributed by atoms with van der Waals surface area (Å²) in [7, 11) is -1.66. The molecule has 4 nitrogen and oxygen atoms in total. The molecule has 0 aromatic heterocycles. The zero-order valence-electron chi connectivity index (χ0n) is 6.34. The molecule has 0 amide bonds. The van der Waals surface area contributed by atoms with Crippen molar-refractivity contribution in [2.45, 2.75) is 0 Å². The van der Waals surface area contributed by atoms with Crippen LogP contribution >= 0.6 is 11.6 Å². The summed E-state index contributed by atoms with van der Waals surface area (Å²) in [6, 6.07) is 0. The molecular weight excluding hydrogens is 190 g/mol. The molecule has 0 aliphatic carbocycles. The molecular formula is C5H12ClNO3S. The van der Waals surface area contributed by atoms with E-state index in [0.29, 0.717) is 13.2 Å². The zero-order chi connectivity index (χ0) is 8.74. The number of halogens is 1. The molecule has 0 aliphatic rings. The van der Waals surface area contributed by atoms with Gasteiger partial charge in [0.2, 0.25) is 10.0 Å². The Balaban J connectivity index is 3.56. The van der Waals surface area contributed by atoms with E-state index in [4.69, 9.17) is 11.6 Å². The van der Waals surface area contributed by atoms with Crippen molar-refractivity contribution in [2.75, 3.05) is 31.9 Å². The number of nitrogens with one attached hydrogen (secondary N) is 1. The SMILES string of the molecule is COCCNS(=O)(=O)CCCl. The minimum Gasteiger partial charge on any atom is -0.383 e. The Morgan fingerprint density at radius 1 is 1.55 bits per heavy atom. The van der Waals surface area contributed by atoms with Crippen molar-refractivity contribution >= 4 is 21.6 Å². The molecule has 68 valence electrons.